The van der Waals surface area contributed by atoms with E-state index in [0.29, 0.717) is 0 Å². The van der Waals surface area contributed by atoms with Crippen molar-refractivity contribution in [2.45, 2.75) is 53.0 Å². The second kappa shape index (κ2) is 8.38. The largest absolute Gasteiger partial charge is 0.370 e. The molecule has 1 aromatic rings. The molecule has 1 N–H and O–H groups in total. The van der Waals surface area contributed by atoms with E-state index in [1.54, 1.807) is 0 Å². The molecule has 0 aromatic carbocycles. The zero-order chi connectivity index (χ0) is 15.1. The highest BCUT2D eigenvalue weighted by Crippen LogP contribution is 2.25. The monoisotopic (exact) mass is 289 g/mol. The van der Waals surface area contributed by atoms with Gasteiger partial charge in [-0.15, -0.1) is 0 Å². The van der Waals surface area contributed by atoms with Crippen molar-refractivity contribution in [2.75, 3.05) is 25.0 Å². The quantitative estimate of drug-likeness (QED) is 0.852. The van der Waals surface area contributed by atoms with E-state index in [0.717, 1.165) is 37.2 Å². The maximum atomic E-state index is 4.74. The van der Waals surface area contributed by atoms with Crippen LogP contribution in [0, 0.1) is 11.8 Å². The summed E-state index contributed by atoms with van der Waals surface area (Å²) in [6.07, 6.45) is 5.19. The fourth-order valence-electron chi connectivity index (χ4n) is 3.15. The molecule has 0 amide bonds. The van der Waals surface area contributed by atoms with Gasteiger partial charge in [0.25, 0.3) is 0 Å². The molecule has 1 aliphatic heterocycles. The maximum Gasteiger partial charge on any atom is 0.126 e. The number of hydrogen-bond donors (Lipinski definition) is 1. The van der Waals surface area contributed by atoms with E-state index in [1.165, 1.54) is 38.0 Å². The van der Waals surface area contributed by atoms with Crippen LogP contribution in [-0.4, -0.2) is 29.5 Å². The van der Waals surface area contributed by atoms with Crippen LogP contribution in [0.1, 0.15) is 52.1 Å². The van der Waals surface area contributed by atoms with Crippen molar-refractivity contribution in [3.8, 4) is 0 Å². The molecule has 2 rings (SSSR count). The molecule has 118 valence electrons. The lowest BCUT2D eigenvalue weighted by molar-refractivity contribution is 0.262. The Hall–Kier alpha value is -1.09. The average Bonchev–Trinajstić information content (AvgIpc) is 2.71. The zero-order valence-corrected chi connectivity index (χ0v) is 13.9. The Labute approximate surface area is 130 Å². The molecule has 1 aromatic heterocycles. The molecule has 0 saturated carbocycles. The predicted octanol–water partition coefficient (Wildman–Crippen LogP) is 4.16. The van der Waals surface area contributed by atoms with Gasteiger partial charge in [-0.3, -0.25) is 4.90 Å². The highest BCUT2D eigenvalue weighted by Gasteiger charge is 2.19. The van der Waals surface area contributed by atoms with Crippen LogP contribution in [0.15, 0.2) is 18.2 Å². The normalized spacial score (nSPS) is 20.5. The van der Waals surface area contributed by atoms with Crippen LogP contribution in [0.5, 0.6) is 0 Å². The Morgan fingerprint density at radius 1 is 1.29 bits per heavy atom. The van der Waals surface area contributed by atoms with E-state index in [9.17, 15) is 0 Å². The fourth-order valence-corrected chi connectivity index (χ4v) is 3.15. The van der Waals surface area contributed by atoms with Gasteiger partial charge in [-0.2, -0.15) is 0 Å². The van der Waals surface area contributed by atoms with Gasteiger partial charge >= 0.3 is 0 Å². The molecule has 1 unspecified atom stereocenters. The number of nitrogens with zero attached hydrogens (tertiary/aromatic N) is 2. The van der Waals surface area contributed by atoms with Crippen LogP contribution in [0.3, 0.4) is 0 Å². The van der Waals surface area contributed by atoms with E-state index in [1.807, 2.05) is 0 Å². The first-order valence-electron chi connectivity index (χ1n) is 8.61. The fraction of sp³-hybridized carbons (Fsp3) is 0.722. The molecule has 0 radical (unpaired) electrons. The Bertz CT molecular complexity index is 417. The number of pyridine rings is 1. The second-order valence-electron chi connectivity index (χ2n) is 6.65. The van der Waals surface area contributed by atoms with Crippen molar-refractivity contribution in [2.24, 2.45) is 11.8 Å². The third-order valence-corrected chi connectivity index (χ3v) is 4.56. The van der Waals surface area contributed by atoms with Crippen LogP contribution in [0.4, 0.5) is 5.82 Å². The average molecular weight is 289 g/mol. The number of nitrogens with one attached hydrogen (secondary N) is 1. The van der Waals surface area contributed by atoms with Gasteiger partial charge < -0.3 is 5.32 Å². The topological polar surface area (TPSA) is 28.2 Å². The van der Waals surface area contributed by atoms with E-state index in [4.69, 9.17) is 4.98 Å². The van der Waals surface area contributed by atoms with Crippen molar-refractivity contribution < 1.29 is 0 Å². The van der Waals surface area contributed by atoms with Gasteiger partial charge in [-0.25, -0.2) is 4.98 Å². The van der Waals surface area contributed by atoms with Crippen molar-refractivity contribution in [1.29, 1.82) is 0 Å². The van der Waals surface area contributed by atoms with Crippen LogP contribution in [-0.2, 0) is 6.54 Å². The Kier molecular flexibility index (Phi) is 6.50. The molecule has 21 heavy (non-hydrogen) atoms. The van der Waals surface area contributed by atoms with Gasteiger partial charge in [0.2, 0.25) is 0 Å². The number of anilines is 1. The molecule has 1 aliphatic rings. The summed E-state index contributed by atoms with van der Waals surface area (Å²) in [6, 6.07) is 6.34. The van der Waals surface area contributed by atoms with E-state index < -0.39 is 0 Å². The first-order chi connectivity index (χ1) is 10.2. The number of rotatable bonds is 6. The molecular weight excluding hydrogens is 258 g/mol. The van der Waals surface area contributed by atoms with Gasteiger partial charge in [-0.05, 0) is 62.7 Å². The van der Waals surface area contributed by atoms with Crippen molar-refractivity contribution in [1.82, 2.24) is 9.88 Å². The predicted molar refractivity (Wildman–Crippen MR) is 90.5 cm³/mol. The van der Waals surface area contributed by atoms with E-state index >= 15 is 0 Å². The Balaban J connectivity index is 1.89. The molecule has 1 fully saturated rings. The van der Waals surface area contributed by atoms with Crippen LogP contribution >= 0.6 is 0 Å². The first-order valence-corrected chi connectivity index (χ1v) is 8.61. The summed E-state index contributed by atoms with van der Waals surface area (Å²) in [4.78, 5) is 7.31. The van der Waals surface area contributed by atoms with Crippen molar-refractivity contribution >= 4 is 5.82 Å². The second-order valence-corrected chi connectivity index (χ2v) is 6.65. The molecule has 2 heterocycles. The van der Waals surface area contributed by atoms with Crippen LogP contribution in [0.2, 0.25) is 0 Å². The van der Waals surface area contributed by atoms with Gasteiger partial charge in [0.15, 0.2) is 0 Å². The third kappa shape index (κ3) is 5.31. The lowest BCUT2D eigenvalue weighted by atomic mass is 9.89. The van der Waals surface area contributed by atoms with Gasteiger partial charge in [0, 0.05) is 13.1 Å². The number of likely N-dealkylation sites (tertiary alicyclic amines) is 1. The third-order valence-electron chi connectivity index (χ3n) is 4.56. The summed E-state index contributed by atoms with van der Waals surface area (Å²) in [6.45, 7) is 11.3. The maximum absolute atomic E-state index is 4.74. The first kappa shape index (κ1) is 16.3. The number of aromatic nitrogens is 1. The summed E-state index contributed by atoms with van der Waals surface area (Å²) in [5.41, 5.74) is 1.19. The summed E-state index contributed by atoms with van der Waals surface area (Å²) in [5.74, 6) is 2.74. The van der Waals surface area contributed by atoms with E-state index in [2.05, 4.69) is 49.2 Å². The summed E-state index contributed by atoms with van der Waals surface area (Å²) < 4.78 is 0. The van der Waals surface area contributed by atoms with Gasteiger partial charge in [0.05, 0.1) is 5.69 Å². The molecule has 0 spiro atoms. The minimum absolute atomic E-state index is 0.824. The van der Waals surface area contributed by atoms with Crippen molar-refractivity contribution in [3.63, 3.8) is 0 Å². The zero-order valence-electron chi connectivity index (χ0n) is 13.9. The lowest BCUT2D eigenvalue weighted by Gasteiger charge is -2.21. The standard InChI is InChI=1S/C18H31N3/c1-4-11-19-18-9-5-8-17(20-18)14-21-12-6-7-16(10-13-21)15(2)3/h5,8-9,15-16H,4,6-7,10-14H2,1-3H3,(H,19,20). The van der Waals surface area contributed by atoms with Crippen LogP contribution < -0.4 is 5.32 Å². The summed E-state index contributed by atoms with van der Waals surface area (Å²) >= 11 is 0. The molecule has 3 heteroatoms. The van der Waals surface area contributed by atoms with E-state index in [-0.39, 0.29) is 0 Å². The van der Waals surface area contributed by atoms with Crippen molar-refractivity contribution in [3.05, 3.63) is 23.9 Å². The minimum Gasteiger partial charge on any atom is -0.370 e. The lowest BCUT2D eigenvalue weighted by Crippen LogP contribution is -2.25. The Morgan fingerprint density at radius 3 is 2.90 bits per heavy atom. The van der Waals surface area contributed by atoms with Gasteiger partial charge in [0.1, 0.15) is 5.82 Å². The molecule has 3 nitrogen and oxygen atoms in total. The molecule has 1 atom stereocenters. The summed E-state index contributed by atoms with van der Waals surface area (Å²) in [5, 5.41) is 3.38. The smallest absolute Gasteiger partial charge is 0.126 e. The highest BCUT2D eigenvalue weighted by molar-refractivity contribution is 5.35. The minimum atomic E-state index is 0.824. The van der Waals surface area contributed by atoms with Gasteiger partial charge in [-0.1, -0.05) is 26.8 Å². The number of hydrogen-bond acceptors (Lipinski definition) is 3. The molecular formula is C18H31N3. The molecule has 0 bridgehead atoms. The molecule has 0 aliphatic carbocycles. The summed E-state index contributed by atoms with van der Waals surface area (Å²) in [7, 11) is 0. The highest BCUT2D eigenvalue weighted by atomic mass is 15.1. The SMILES string of the molecule is CCCNc1cccc(CN2CCCC(C(C)C)CC2)n1. The Morgan fingerprint density at radius 2 is 2.14 bits per heavy atom. The van der Waals surface area contributed by atoms with Crippen LogP contribution in [0.25, 0.3) is 0 Å². The molecule has 1 saturated heterocycles.